The number of carbonyl (C=O) groups is 1. The number of hydrogen-bond donors (Lipinski definition) is 0. The molecule has 0 unspecified atom stereocenters. The summed E-state index contributed by atoms with van der Waals surface area (Å²) in [6.07, 6.45) is 1.45. The molecule has 0 bridgehead atoms. The molecule has 0 spiro atoms. The Labute approximate surface area is 102 Å². The third-order valence-electron chi connectivity index (χ3n) is 2.36. The van der Waals surface area contributed by atoms with Gasteiger partial charge in [-0.05, 0) is 31.7 Å². The monoisotopic (exact) mass is 237 g/mol. The molecule has 88 valence electrons. The number of nitrogens with zero attached hydrogens (tertiary/aromatic N) is 1. The Balaban J connectivity index is 2.40. The maximum atomic E-state index is 11.9. The van der Waals surface area contributed by atoms with Gasteiger partial charge < -0.3 is 4.90 Å². The fourth-order valence-electron chi connectivity index (χ4n) is 1.55. The third-order valence-corrected chi connectivity index (χ3v) is 3.30. The van der Waals surface area contributed by atoms with Crippen LogP contribution in [0.2, 0.25) is 0 Å². The van der Waals surface area contributed by atoms with E-state index in [4.69, 9.17) is 0 Å². The van der Waals surface area contributed by atoms with Gasteiger partial charge in [0.1, 0.15) is 0 Å². The number of carbonyl (C=O) groups excluding carboxylic acids is 1. The van der Waals surface area contributed by atoms with Gasteiger partial charge in [-0.2, -0.15) is 0 Å². The summed E-state index contributed by atoms with van der Waals surface area (Å²) in [5.41, 5.74) is 1.03. The zero-order chi connectivity index (χ0) is 12.0. The summed E-state index contributed by atoms with van der Waals surface area (Å²) >= 11 is 1.71. The first-order valence-electron chi connectivity index (χ1n) is 5.58. The number of rotatable bonds is 6. The standard InChI is InChI=1S/C13H19NOS/c1-4-14(10-11(2)3)13(15)8-7-12-6-5-9-16-12/h5-6,9H,2,4,7-8,10H2,1,3H3. The van der Waals surface area contributed by atoms with E-state index in [1.807, 2.05) is 30.2 Å². The highest BCUT2D eigenvalue weighted by atomic mass is 32.1. The summed E-state index contributed by atoms with van der Waals surface area (Å²) in [5, 5.41) is 2.05. The Hall–Kier alpha value is -1.09. The minimum Gasteiger partial charge on any atom is -0.339 e. The van der Waals surface area contributed by atoms with Gasteiger partial charge in [-0.1, -0.05) is 18.2 Å². The molecule has 1 heterocycles. The SMILES string of the molecule is C=C(C)CN(CC)C(=O)CCc1cccs1. The van der Waals surface area contributed by atoms with Crippen molar-refractivity contribution in [3.05, 3.63) is 34.5 Å². The largest absolute Gasteiger partial charge is 0.339 e. The van der Waals surface area contributed by atoms with Gasteiger partial charge in [0.25, 0.3) is 0 Å². The lowest BCUT2D eigenvalue weighted by molar-refractivity contribution is -0.130. The zero-order valence-corrected chi connectivity index (χ0v) is 10.8. The molecule has 0 saturated carbocycles. The smallest absolute Gasteiger partial charge is 0.223 e. The summed E-state index contributed by atoms with van der Waals surface area (Å²) in [4.78, 5) is 15.0. The quantitative estimate of drug-likeness (QED) is 0.696. The molecule has 0 aliphatic rings. The average molecular weight is 237 g/mol. The van der Waals surface area contributed by atoms with Gasteiger partial charge in [0.2, 0.25) is 5.91 Å². The van der Waals surface area contributed by atoms with Crippen molar-refractivity contribution >= 4 is 17.2 Å². The minimum absolute atomic E-state index is 0.221. The van der Waals surface area contributed by atoms with Crippen molar-refractivity contribution < 1.29 is 4.79 Å². The molecular weight excluding hydrogens is 218 g/mol. The highest BCUT2D eigenvalue weighted by Crippen LogP contribution is 2.12. The highest BCUT2D eigenvalue weighted by molar-refractivity contribution is 7.09. The molecule has 1 aromatic heterocycles. The molecule has 0 atom stereocenters. The number of thiophene rings is 1. The third kappa shape index (κ3) is 4.19. The van der Waals surface area contributed by atoms with E-state index in [0.29, 0.717) is 13.0 Å². The van der Waals surface area contributed by atoms with Crippen molar-refractivity contribution in [2.45, 2.75) is 26.7 Å². The van der Waals surface area contributed by atoms with Crippen molar-refractivity contribution in [2.24, 2.45) is 0 Å². The molecule has 1 rings (SSSR count). The number of aryl methyl sites for hydroxylation is 1. The molecule has 0 aliphatic carbocycles. The van der Waals surface area contributed by atoms with Crippen LogP contribution in [-0.2, 0) is 11.2 Å². The van der Waals surface area contributed by atoms with E-state index in [1.165, 1.54) is 4.88 Å². The molecular formula is C13H19NOS. The first kappa shape index (κ1) is 13.0. The second kappa shape index (κ2) is 6.48. The molecule has 2 nitrogen and oxygen atoms in total. The van der Waals surface area contributed by atoms with Crippen molar-refractivity contribution in [3.8, 4) is 0 Å². The maximum Gasteiger partial charge on any atom is 0.223 e. The normalized spacial score (nSPS) is 10.1. The van der Waals surface area contributed by atoms with Crippen molar-refractivity contribution in [1.29, 1.82) is 0 Å². The maximum absolute atomic E-state index is 11.9. The van der Waals surface area contributed by atoms with Gasteiger partial charge in [0.15, 0.2) is 0 Å². The van der Waals surface area contributed by atoms with E-state index >= 15 is 0 Å². The summed E-state index contributed by atoms with van der Waals surface area (Å²) in [7, 11) is 0. The van der Waals surface area contributed by atoms with E-state index in [0.717, 1.165) is 18.5 Å². The zero-order valence-electron chi connectivity index (χ0n) is 10.0. The van der Waals surface area contributed by atoms with E-state index in [1.54, 1.807) is 11.3 Å². The Morgan fingerprint density at radius 2 is 2.31 bits per heavy atom. The van der Waals surface area contributed by atoms with Crippen LogP contribution in [0.25, 0.3) is 0 Å². The van der Waals surface area contributed by atoms with Crippen LogP contribution >= 0.6 is 11.3 Å². The van der Waals surface area contributed by atoms with Crippen LogP contribution in [0.15, 0.2) is 29.7 Å². The number of hydrogen-bond acceptors (Lipinski definition) is 2. The van der Waals surface area contributed by atoms with E-state index in [2.05, 4.69) is 12.6 Å². The van der Waals surface area contributed by atoms with E-state index in [9.17, 15) is 4.79 Å². The fraction of sp³-hybridized carbons (Fsp3) is 0.462. The summed E-state index contributed by atoms with van der Waals surface area (Å²) < 4.78 is 0. The predicted octanol–water partition coefficient (Wildman–Crippen LogP) is 3.11. The van der Waals surface area contributed by atoms with Crippen LogP contribution in [0, 0.1) is 0 Å². The van der Waals surface area contributed by atoms with Crippen molar-refractivity contribution in [1.82, 2.24) is 4.90 Å². The summed E-state index contributed by atoms with van der Waals surface area (Å²) in [6.45, 7) is 9.24. The molecule has 0 aromatic carbocycles. The van der Waals surface area contributed by atoms with Gasteiger partial charge in [-0.15, -0.1) is 11.3 Å². The molecule has 0 N–H and O–H groups in total. The van der Waals surface area contributed by atoms with Crippen LogP contribution in [0.3, 0.4) is 0 Å². The molecule has 0 aliphatic heterocycles. The molecule has 1 amide bonds. The number of likely N-dealkylation sites (N-methyl/N-ethyl adjacent to an activating group) is 1. The van der Waals surface area contributed by atoms with Crippen LogP contribution < -0.4 is 0 Å². The minimum atomic E-state index is 0.221. The Morgan fingerprint density at radius 3 is 2.81 bits per heavy atom. The van der Waals surface area contributed by atoms with E-state index < -0.39 is 0 Å². The van der Waals surface area contributed by atoms with Gasteiger partial charge in [-0.25, -0.2) is 0 Å². The van der Waals surface area contributed by atoms with Gasteiger partial charge in [0.05, 0.1) is 0 Å². The second-order valence-corrected chi connectivity index (χ2v) is 4.98. The molecule has 16 heavy (non-hydrogen) atoms. The van der Waals surface area contributed by atoms with Crippen LogP contribution in [0.1, 0.15) is 25.1 Å². The Kier molecular flexibility index (Phi) is 5.26. The first-order chi connectivity index (χ1) is 7.63. The summed E-state index contributed by atoms with van der Waals surface area (Å²) in [5.74, 6) is 0.221. The molecule has 0 fully saturated rings. The summed E-state index contributed by atoms with van der Waals surface area (Å²) in [6, 6.07) is 4.10. The number of amides is 1. The Bertz CT molecular complexity index is 343. The van der Waals surface area contributed by atoms with Crippen LogP contribution in [0.4, 0.5) is 0 Å². The molecule has 0 radical (unpaired) electrons. The second-order valence-electron chi connectivity index (χ2n) is 3.94. The average Bonchev–Trinajstić information content (AvgIpc) is 2.75. The van der Waals surface area contributed by atoms with E-state index in [-0.39, 0.29) is 5.91 Å². The fourth-order valence-corrected chi connectivity index (χ4v) is 2.25. The lowest BCUT2D eigenvalue weighted by Gasteiger charge is -2.20. The topological polar surface area (TPSA) is 20.3 Å². The van der Waals surface area contributed by atoms with Gasteiger partial charge >= 0.3 is 0 Å². The first-order valence-corrected chi connectivity index (χ1v) is 6.46. The van der Waals surface area contributed by atoms with Crippen molar-refractivity contribution in [3.63, 3.8) is 0 Å². The highest BCUT2D eigenvalue weighted by Gasteiger charge is 2.11. The Morgan fingerprint density at radius 1 is 1.56 bits per heavy atom. The lowest BCUT2D eigenvalue weighted by atomic mass is 10.2. The predicted molar refractivity (Wildman–Crippen MR) is 69.7 cm³/mol. The van der Waals surface area contributed by atoms with Crippen LogP contribution in [0.5, 0.6) is 0 Å². The molecule has 3 heteroatoms. The molecule has 1 aromatic rings. The lowest BCUT2D eigenvalue weighted by Crippen LogP contribution is -2.32. The van der Waals surface area contributed by atoms with Crippen LogP contribution in [-0.4, -0.2) is 23.9 Å². The van der Waals surface area contributed by atoms with Gasteiger partial charge in [-0.3, -0.25) is 4.79 Å². The van der Waals surface area contributed by atoms with Gasteiger partial charge in [0, 0.05) is 24.4 Å². The van der Waals surface area contributed by atoms with Crippen molar-refractivity contribution in [2.75, 3.05) is 13.1 Å². The molecule has 0 saturated heterocycles.